The molecular formula is C29H38N6O4. The van der Waals surface area contributed by atoms with E-state index in [9.17, 15) is 9.59 Å². The fraction of sp³-hybridized carbons (Fsp3) is 0.448. The molecule has 3 heterocycles. The zero-order chi connectivity index (χ0) is 28.1. The van der Waals surface area contributed by atoms with Crippen molar-refractivity contribution in [3.8, 4) is 5.75 Å². The Bertz CT molecular complexity index is 1230. The Hall–Kier alpha value is -3.92. The summed E-state index contributed by atoms with van der Waals surface area (Å²) in [5.74, 6) is 0.897. The summed E-state index contributed by atoms with van der Waals surface area (Å²) in [7, 11) is 1.54. The van der Waals surface area contributed by atoms with Gasteiger partial charge in [0.25, 0.3) is 5.91 Å². The number of ether oxygens (including phenoxy) is 2. The molecule has 0 radical (unpaired) electrons. The highest BCUT2D eigenvalue weighted by Gasteiger charge is 2.29. The predicted molar refractivity (Wildman–Crippen MR) is 150 cm³/mol. The second kappa shape index (κ2) is 12.3. The number of nitrogens with one attached hydrogen (secondary N) is 3. The van der Waals surface area contributed by atoms with E-state index in [0.717, 1.165) is 23.1 Å². The second-order valence-electron chi connectivity index (χ2n) is 10.1. The first-order chi connectivity index (χ1) is 18.7. The van der Waals surface area contributed by atoms with Crippen molar-refractivity contribution in [2.75, 3.05) is 40.0 Å². The number of carbonyl (C=O) groups is 2. The molecule has 10 heteroatoms. The minimum atomic E-state index is -0.353. The Balaban J connectivity index is 1.41. The van der Waals surface area contributed by atoms with Crippen LogP contribution in [0.3, 0.4) is 0 Å². The van der Waals surface area contributed by atoms with E-state index in [4.69, 9.17) is 20.3 Å². The molecule has 1 aromatic carbocycles. The third-order valence-electron chi connectivity index (χ3n) is 7.39. The molecule has 0 bridgehead atoms. The van der Waals surface area contributed by atoms with Crippen molar-refractivity contribution in [3.63, 3.8) is 0 Å². The van der Waals surface area contributed by atoms with E-state index in [-0.39, 0.29) is 18.0 Å². The van der Waals surface area contributed by atoms with Crippen LogP contribution < -0.4 is 10.1 Å². The smallest absolute Gasteiger partial charge is 0.320 e. The zero-order valence-electron chi connectivity index (χ0n) is 23.0. The fourth-order valence-electron chi connectivity index (χ4n) is 5.10. The number of amidine groups is 2. The molecule has 10 nitrogen and oxygen atoms in total. The maximum Gasteiger partial charge on any atom is 0.320 e. The quantitative estimate of drug-likeness (QED) is 0.292. The normalized spacial score (nSPS) is 19.8. The molecule has 0 aromatic heterocycles. The average molecular weight is 535 g/mol. The maximum absolute atomic E-state index is 13.2. The lowest BCUT2D eigenvalue weighted by atomic mass is 9.96. The van der Waals surface area contributed by atoms with Crippen LogP contribution in [0.2, 0.25) is 0 Å². The first-order valence-electron chi connectivity index (χ1n) is 13.3. The molecule has 1 unspecified atom stereocenters. The molecule has 4 rings (SSSR count). The van der Waals surface area contributed by atoms with Crippen LogP contribution in [0.15, 0.2) is 48.2 Å². The fourth-order valence-corrected chi connectivity index (χ4v) is 5.10. The number of nitrogens with zero attached hydrogens (tertiary/aromatic N) is 3. The van der Waals surface area contributed by atoms with Crippen LogP contribution in [0.4, 0.5) is 4.79 Å². The molecule has 3 N–H and O–H groups in total. The Morgan fingerprint density at radius 1 is 1.15 bits per heavy atom. The molecule has 0 saturated carbocycles. The van der Waals surface area contributed by atoms with Crippen molar-refractivity contribution in [2.45, 2.75) is 45.7 Å². The van der Waals surface area contributed by atoms with E-state index in [2.05, 4.69) is 11.9 Å². The van der Waals surface area contributed by atoms with Gasteiger partial charge in [0.15, 0.2) is 0 Å². The van der Waals surface area contributed by atoms with Gasteiger partial charge in [0, 0.05) is 44.3 Å². The Morgan fingerprint density at radius 2 is 1.90 bits per heavy atom. The van der Waals surface area contributed by atoms with Gasteiger partial charge in [-0.2, -0.15) is 0 Å². The standard InChI is InChI=1S/C29H38N6O4/c1-19(27(31)35-21(3)8-9-26(35)30)6-5-7-20(2)32-28(36)24-16-23-18-34(11-10-22(23)17-25(24)38-4)29(37)33-12-14-39-15-13-33/h5-7,16-17,21,30-31H,2,8-15,18H2,1,3-4H3,(H,32,36)/b7-5-,19-6+,30-26?,31-27?. The largest absolute Gasteiger partial charge is 0.496 e. The van der Waals surface area contributed by atoms with Crippen molar-refractivity contribution in [3.05, 3.63) is 64.9 Å². The van der Waals surface area contributed by atoms with Crippen LogP contribution in [0.5, 0.6) is 5.75 Å². The number of morpholine rings is 1. The van der Waals surface area contributed by atoms with Gasteiger partial charge < -0.3 is 29.5 Å². The second-order valence-corrected chi connectivity index (χ2v) is 10.1. The number of methoxy groups -OCH3 is 1. The summed E-state index contributed by atoms with van der Waals surface area (Å²) >= 11 is 0. The van der Waals surface area contributed by atoms with Gasteiger partial charge in [0.1, 0.15) is 17.4 Å². The van der Waals surface area contributed by atoms with Gasteiger partial charge in [-0.25, -0.2) is 4.79 Å². The number of hydrogen-bond donors (Lipinski definition) is 3. The molecule has 1 aromatic rings. The number of fused-ring (bicyclic) bond motifs is 1. The minimum Gasteiger partial charge on any atom is -0.496 e. The Morgan fingerprint density at radius 3 is 2.56 bits per heavy atom. The van der Waals surface area contributed by atoms with Crippen LogP contribution in [-0.2, 0) is 17.7 Å². The molecule has 0 aliphatic carbocycles. The molecular weight excluding hydrogens is 496 g/mol. The van der Waals surface area contributed by atoms with E-state index < -0.39 is 0 Å². The van der Waals surface area contributed by atoms with Gasteiger partial charge in [-0.1, -0.05) is 18.7 Å². The summed E-state index contributed by atoms with van der Waals surface area (Å²) in [5, 5.41) is 19.3. The molecule has 2 saturated heterocycles. The zero-order valence-corrected chi connectivity index (χ0v) is 23.0. The van der Waals surface area contributed by atoms with Crippen LogP contribution in [0.1, 0.15) is 48.2 Å². The van der Waals surface area contributed by atoms with E-state index in [0.29, 0.717) is 80.9 Å². The highest BCUT2D eigenvalue weighted by Crippen LogP contribution is 2.29. The van der Waals surface area contributed by atoms with Gasteiger partial charge in [-0.05, 0) is 61.6 Å². The van der Waals surface area contributed by atoms with Gasteiger partial charge >= 0.3 is 6.03 Å². The predicted octanol–water partition coefficient (Wildman–Crippen LogP) is 3.69. The topological polar surface area (TPSA) is 122 Å². The summed E-state index contributed by atoms with van der Waals surface area (Å²) in [5.41, 5.74) is 3.48. The van der Waals surface area contributed by atoms with Crippen LogP contribution >= 0.6 is 0 Å². The van der Waals surface area contributed by atoms with Crippen molar-refractivity contribution < 1.29 is 19.1 Å². The summed E-state index contributed by atoms with van der Waals surface area (Å²) < 4.78 is 10.9. The monoisotopic (exact) mass is 534 g/mol. The lowest BCUT2D eigenvalue weighted by Gasteiger charge is -2.35. The molecule has 3 aliphatic rings. The van der Waals surface area contributed by atoms with E-state index in [1.807, 2.05) is 29.7 Å². The number of rotatable bonds is 6. The number of urea groups is 1. The number of amides is 3. The lowest BCUT2D eigenvalue weighted by molar-refractivity contribution is 0.0421. The van der Waals surface area contributed by atoms with Crippen LogP contribution in [-0.4, -0.2) is 84.3 Å². The van der Waals surface area contributed by atoms with Gasteiger partial charge in [0.05, 0.1) is 25.9 Å². The molecule has 3 amide bonds. The van der Waals surface area contributed by atoms with Crippen molar-refractivity contribution in [1.29, 1.82) is 10.8 Å². The van der Waals surface area contributed by atoms with E-state index in [1.54, 1.807) is 29.2 Å². The summed E-state index contributed by atoms with van der Waals surface area (Å²) in [6.45, 7) is 11.1. The highest BCUT2D eigenvalue weighted by atomic mass is 16.5. The number of allylic oxidation sites excluding steroid dienone is 3. The van der Waals surface area contributed by atoms with Gasteiger partial charge in [0.2, 0.25) is 0 Å². The number of carbonyl (C=O) groups excluding carboxylic acids is 2. The lowest BCUT2D eigenvalue weighted by Crippen LogP contribution is -2.49. The van der Waals surface area contributed by atoms with E-state index in [1.165, 1.54) is 7.11 Å². The Labute approximate surface area is 229 Å². The van der Waals surface area contributed by atoms with Crippen molar-refractivity contribution >= 4 is 23.6 Å². The highest BCUT2D eigenvalue weighted by molar-refractivity contribution is 6.07. The molecule has 0 spiro atoms. The van der Waals surface area contributed by atoms with Crippen LogP contribution in [0.25, 0.3) is 0 Å². The summed E-state index contributed by atoms with van der Waals surface area (Å²) in [6, 6.07) is 3.82. The SMILES string of the molecule is C=C(/C=C\C=C(/C)C(=N)N1C(=N)CCC1C)NC(=O)c1cc2c(cc1OC)CCN(C(=O)N1CCOCC1)C2. The average Bonchev–Trinajstić information content (AvgIpc) is 3.28. The Kier molecular flexibility index (Phi) is 8.86. The van der Waals surface area contributed by atoms with Gasteiger partial charge in [-0.15, -0.1) is 0 Å². The van der Waals surface area contributed by atoms with Crippen molar-refractivity contribution in [2.24, 2.45) is 0 Å². The summed E-state index contributed by atoms with van der Waals surface area (Å²) in [4.78, 5) is 31.5. The number of benzene rings is 1. The van der Waals surface area contributed by atoms with Crippen molar-refractivity contribution in [1.82, 2.24) is 20.0 Å². The third kappa shape index (κ3) is 6.39. The molecule has 39 heavy (non-hydrogen) atoms. The summed E-state index contributed by atoms with van der Waals surface area (Å²) in [6.07, 6.45) is 7.43. The first-order valence-corrected chi connectivity index (χ1v) is 13.3. The van der Waals surface area contributed by atoms with E-state index >= 15 is 0 Å². The number of likely N-dealkylation sites (tertiary alicyclic amines) is 1. The van der Waals surface area contributed by atoms with Crippen LogP contribution in [0, 0.1) is 10.8 Å². The maximum atomic E-state index is 13.2. The first kappa shape index (κ1) is 28.1. The third-order valence-corrected chi connectivity index (χ3v) is 7.39. The molecule has 1 atom stereocenters. The molecule has 2 fully saturated rings. The molecule has 208 valence electrons. The minimum absolute atomic E-state index is 0.00302. The number of hydrogen-bond acceptors (Lipinski definition) is 6. The van der Waals surface area contributed by atoms with Gasteiger partial charge in [-0.3, -0.25) is 15.6 Å². The molecule has 3 aliphatic heterocycles.